The van der Waals surface area contributed by atoms with E-state index >= 15 is 0 Å². The molecule has 0 aliphatic carbocycles. The number of pyridine rings is 1. The Morgan fingerprint density at radius 1 is 1.35 bits per heavy atom. The Bertz CT molecular complexity index is 632. The second kappa shape index (κ2) is 6.86. The van der Waals surface area contributed by atoms with Gasteiger partial charge in [-0.3, -0.25) is 4.79 Å². The molecule has 0 unspecified atom stereocenters. The molecule has 0 bridgehead atoms. The number of carbonyl (C=O) groups is 1. The normalized spacial score (nSPS) is 10.1. The van der Waals surface area contributed by atoms with Crippen LogP contribution in [0.5, 0.6) is 5.75 Å². The zero-order valence-electron chi connectivity index (χ0n) is 11.2. The molecular formula is C15H16N2O2S. The number of aryl methyl sites for hydroxylation is 1. The van der Waals surface area contributed by atoms with Crippen molar-refractivity contribution >= 4 is 23.8 Å². The maximum absolute atomic E-state index is 11.7. The molecule has 0 saturated carbocycles. The number of ether oxygens (including phenoxy) is 1. The van der Waals surface area contributed by atoms with E-state index in [1.807, 2.05) is 24.3 Å². The summed E-state index contributed by atoms with van der Waals surface area (Å²) in [6.07, 6.45) is 2.59. The van der Waals surface area contributed by atoms with Gasteiger partial charge >= 0.3 is 0 Å². The van der Waals surface area contributed by atoms with E-state index in [1.54, 1.807) is 18.3 Å². The molecule has 2 aromatic rings. The van der Waals surface area contributed by atoms with Crippen molar-refractivity contribution in [2.45, 2.75) is 13.3 Å². The molecule has 2 N–H and O–H groups in total. The minimum absolute atomic E-state index is 0.0250. The zero-order valence-corrected chi connectivity index (χ0v) is 12.0. The molecule has 1 aromatic heterocycles. The Labute approximate surface area is 122 Å². The van der Waals surface area contributed by atoms with Gasteiger partial charge in [0.1, 0.15) is 10.4 Å². The highest BCUT2D eigenvalue weighted by molar-refractivity contribution is 7.71. The van der Waals surface area contributed by atoms with E-state index in [4.69, 9.17) is 17.0 Å². The summed E-state index contributed by atoms with van der Waals surface area (Å²) in [5, 5.41) is 2.73. The van der Waals surface area contributed by atoms with Crippen LogP contribution in [-0.4, -0.2) is 17.5 Å². The summed E-state index contributed by atoms with van der Waals surface area (Å²) in [4.78, 5) is 14.6. The van der Waals surface area contributed by atoms with Gasteiger partial charge in [-0.25, -0.2) is 0 Å². The van der Waals surface area contributed by atoms with Crippen LogP contribution in [0.1, 0.15) is 12.5 Å². The second-order valence-corrected chi connectivity index (χ2v) is 4.72. The van der Waals surface area contributed by atoms with Crippen LogP contribution in [-0.2, 0) is 11.2 Å². The van der Waals surface area contributed by atoms with Gasteiger partial charge in [-0.2, -0.15) is 0 Å². The third-order valence-corrected chi connectivity index (χ3v) is 3.00. The summed E-state index contributed by atoms with van der Waals surface area (Å²) >= 11 is 4.93. The minimum atomic E-state index is -0.211. The highest BCUT2D eigenvalue weighted by Gasteiger charge is 2.04. The van der Waals surface area contributed by atoms with Gasteiger partial charge in [-0.15, -0.1) is 0 Å². The SMILES string of the molecule is CCc1cccc(OCC(=O)Nc2ccc(=S)[nH]c2)c1. The fourth-order valence-corrected chi connectivity index (χ4v) is 1.82. The lowest BCUT2D eigenvalue weighted by Crippen LogP contribution is -2.20. The third-order valence-electron chi connectivity index (χ3n) is 2.74. The van der Waals surface area contributed by atoms with Crippen molar-refractivity contribution in [2.75, 3.05) is 11.9 Å². The molecule has 0 fully saturated rings. The number of amides is 1. The molecule has 0 atom stereocenters. The van der Waals surface area contributed by atoms with Gasteiger partial charge in [-0.1, -0.05) is 31.3 Å². The number of hydrogen-bond acceptors (Lipinski definition) is 3. The Balaban J connectivity index is 1.88. The highest BCUT2D eigenvalue weighted by atomic mass is 32.1. The highest BCUT2D eigenvalue weighted by Crippen LogP contribution is 2.13. The smallest absolute Gasteiger partial charge is 0.262 e. The molecule has 20 heavy (non-hydrogen) atoms. The number of carbonyl (C=O) groups excluding carboxylic acids is 1. The van der Waals surface area contributed by atoms with E-state index in [0.717, 1.165) is 6.42 Å². The lowest BCUT2D eigenvalue weighted by molar-refractivity contribution is -0.118. The number of nitrogens with one attached hydrogen (secondary N) is 2. The van der Waals surface area contributed by atoms with E-state index in [0.29, 0.717) is 16.1 Å². The predicted octanol–water partition coefficient (Wildman–Crippen LogP) is 3.32. The largest absolute Gasteiger partial charge is 0.484 e. The summed E-state index contributed by atoms with van der Waals surface area (Å²) in [7, 11) is 0. The van der Waals surface area contributed by atoms with Gasteiger partial charge in [-0.05, 0) is 36.2 Å². The van der Waals surface area contributed by atoms with Crippen molar-refractivity contribution in [3.8, 4) is 5.75 Å². The Morgan fingerprint density at radius 3 is 2.90 bits per heavy atom. The average molecular weight is 288 g/mol. The van der Waals surface area contributed by atoms with Crippen LogP contribution in [0.2, 0.25) is 0 Å². The number of aromatic amines is 1. The van der Waals surface area contributed by atoms with Crippen molar-refractivity contribution in [2.24, 2.45) is 0 Å². The third kappa shape index (κ3) is 4.20. The lowest BCUT2D eigenvalue weighted by Gasteiger charge is -2.08. The molecular weight excluding hydrogens is 272 g/mol. The first-order chi connectivity index (χ1) is 9.67. The maximum Gasteiger partial charge on any atom is 0.262 e. The fourth-order valence-electron chi connectivity index (χ4n) is 1.69. The van der Waals surface area contributed by atoms with Crippen LogP contribution in [0.15, 0.2) is 42.6 Å². The Hall–Kier alpha value is -2.14. The number of anilines is 1. The molecule has 2 rings (SSSR count). The molecule has 0 aliphatic rings. The summed E-state index contributed by atoms with van der Waals surface area (Å²) in [5.74, 6) is 0.490. The number of hydrogen-bond donors (Lipinski definition) is 2. The van der Waals surface area contributed by atoms with E-state index in [-0.39, 0.29) is 12.5 Å². The minimum Gasteiger partial charge on any atom is -0.484 e. The average Bonchev–Trinajstić information content (AvgIpc) is 2.48. The quantitative estimate of drug-likeness (QED) is 0.830. The molecule has 4 nitrogen and oxygen atoms in total. The predicted molar refractivity (Wildman–Crippen MR) is 81.6 cm³/mol. The van der Waals surface area contributed by atoms with Crippen LogP contribution in [0, 0.1) is 4.64 Å². The number of benzene rings is 1. The first-order valence-corrected chi connectivity index (χ1v) is 6.78. The van der Waals surface area contributed by atoms with Gasteiger partial charge in [0.05, 0.1) is 5.69 Å². The van der Waals surface area contributed by atoms with Gasteiger partial charge in [0.2, 0.25) is 0 Å². The molecule has 1 heterocycles. The van der Waals surface area contributed by atoms with E-state index < -0.39 is 0 Å². The first-order valence-electron chi connectivity index (χ1n) is 6.37. The number of H-pyrrole nitrogens is 1. The van der Waals surface area contributed by atoms with Crippen molar-refractivity contribution in [1.29, 1.82) is 0 Å². The zero-order chi connectivity index (χ0) is 14.4. The van der Waals surface area contributed by atoms with E-state index in [1.165, 1.54) is 5.56 Å². The summed E-state index contributed by atoms with van der Waals surface area (Å²) < 4.78 is 6.08. The summed E-state index contributed by atoms with van der Waals surface area (Å²) in [6.45, 7) is 2.05. The van der Waals surface area contributed by atoms with Crippen LogP contribution in [0.3, 0.4) is 0 Å². The molecule has 0 spiro atoms. The van der Waals surface area contributed by atoms with Crippen molar-refractivity contribution < 1.29 is 9.53 Å². The molecule has 1 amide bonds. The van der Waals surface area contributed by atoms with Crippen molar-refractivity contribution in [3.05, 3.63) is 52.8 Å². The van der Waals surface area contributed by atoms with Crippen molar-refractivity contribution in [3.63, 3.8) is 0 Å². The van der Waals surface area contributed by atoms with Gasteiger partial charge in [0.25, 0.3) is 5.91 Å². The van der Waals surface area contributed by atoms with E-state index in [9.17, 15) is 4.79 Å². The summed E-state index contributed by atoms with van der Waals surface area (Å²) in [5.41, 5.74) is 1.84. The van der Waals surface area contributed by atoms with Gasteiger partial charge in [0, 0.05) is 6.20 Å². The summed E-state index contributed by atoms with van der Waals surface area (Å²) in [6, 6.07) is 11.2. The fraction of sp³-hybridized carbons (Fsp3) is 0.200. The first kappa shape index (κ1) is 14.3. The van der Waals surface area contributed by atoms with Crippen molar-refractivity contribution in [1.82, 2.24) is 4.98 Å². The van der Waals surface area contributed by atoms with Crippen LogP contribution < -0.4 is 10.1 Å². The molecule has 0 radical (unpaired) electrons. The van der Waals surface area contributed by atoms with Gasteiger partial charge in [0.15, 0.2) is 6.61 Å². The Kier molecular flexibility index (Phi) is 4.90. The lowest BCUT2D eigenvalue weighted by atomic mass is 10.2. The monoisotopic (exact) mass is 288 g/mol. The second-order valence-electron chi connectivity index (χ2n) is 4.28. The molecule has 1 aromatic carbocycles. The Morgan fingerprint density at radius 2 is 2.20 bits per heavy atom. The van der Waals surface area contributed by atoms with Gasteiger partial charge < -0.3 is 15.0 Å². The molecule has 0 saturated heterocycles. The maximum atomic E-state index is 11.7. The molecule has 104 valence electrons. The topological polar surface area (TPSA) is 54.1 Å². The van der Waals surface area contributed by atoms with Crippen LogP contribution in [0.25, 0.3) is 0 Å². The molecule has 5 heteroatoms. The van der Waals surface area contributed by atoms with E-state index in [2.05, 4.69) is 17.2 Å². The standard InChI is InChI=1S/C15H16N2O2S/c1-2-11-4-3-5-13(8-11)19-10-14(18)17-12-6-7-15(20)16-9-12/h3-9H,2,10H2,1H3,(H,16,20)(H,17,18). The van der Waals surface area contributed by atoms with Crippen LogP contribution in [0.4, 0.5) is 5.69 Å². The van der Waals surface area contributed by atoms with Crippen LogP contribution >= 0.6 is 12.2 Å². The molecule has 0 aliphatic heterocycles. The number of rotatable bonds is 5. The number of aromatic nitrogens is 1.